The van der Waals surface area contributed by atoms with Gasteiger partial charge in [-0.1, -0.05) is 0 Å². The van der Waals surface area contributed by atoms with Gasteiger partial charge in [-0.25, -0.2) is 0 Å². The Balaban J connectivity index is 1.91. The summed E-state index contributed by atoms with van der Waals surface area (Å²) in [5.74, 6) is -0.438. The van der Waals surface area contributed by atoms with Crippen LogP contribution >= 0.6 is 0 Å². The third-order valence-electron chi connectivity index (χ3n) is 3.38. The van der Waals surface area contributed by atoms with Crippen molar-refractivity contribution >= 4 is 17.5 Å². The molecular weight excluding hydrogens is 288 g/mol. The molecule has 2 amide bonds. The van der Waals surface area contributed by atoms with Crippen LogP contribution in [-0.4, -0.2) is 45.3 Å². The highest BCUT2D eigenvalue weighted by atomic mass is 16.5. The molecule has 1 fully saturated rings. The van der Waals surface area contributed by atoms with Crippen molar-refractivity contribution in [3.8, 4) is 11.5 Å². The quantitative estimate of drug-likeness (QED) is 0.791. The Kier molecular flexibility index (Phi) is 5.60. The van der Waals surface area contributed by atoms with E-state index < -0.39 is 11.8 Å². The van der Waals surface area contributed by atoms with Crippen LogP contribution < -0.4 is 20.1 Å². The van der Waals surface area contributed by atoms with Crippen LogP contribution in [0.2, 0.25) is 0 Å². The number of hydrogen-bond acceptors (Lipinski definition) is 5. The summed E-state index contributed by atoms with van der Waals surface area (Å²) in [6, 6.07) is 4.91. The summed E-state index contributed by atoms with van der Waals surface area (Å²) >= 11 is 0. The molecule has 2 N–H and O–H groups in total. The molecule has 1 aliphatic rings. The Bertz CT molecular complexity index is 541. The van der Waals surface area contributed by atoms with Gasteiger partial charge in [-0.2, -0.15) is 0 Å². The number of hydrogen-bond donors (Lipinski definition) is 2. The number of amides is 2. The van der Waals surface area contributed by atoms with Gasteiger partial charge in [0.25, 0.3) is 0 Å². The number of carbonyl (C=O) groups excluding carboxylic acids is 2. The molecule has 120 valence electrons. The Morgan fingerprint density at radius 3 is 2.73 bits per heavy atom. The van der Waals surface area contributed by atoms with Crippen LogP contribution in [-0.2, 0) is 14.3 Å². The van der Waals surface area contributed by atoms with Gasteiger partial charge in [0.1, 0.15) is 11.5 Å². The first kappa shape index (κ1) is 16.1. The first-order chi connectivity index (χ1) is 10.6. The van der Waals surface area contributed by atoms with Crippen molar-refractivity contribution < 1.29 is 23.8 Å². The van der Waals surface area contributed by atoms with Crippen molar-refractivity contribution in [3.05, 3.63) is 18.2 Å². The molecule has 0 radical (unpaired) electrons. The second kappa shape index (κ2) is 7.65. The smallest absolute Gasteiger partial charge is 0.313 e. The summed E-state index contributed by atoms with van der Waals surface area (Å²) in [4.78, 5) is 23.7. The summed E-state index contributed by atoms with van der Waals surface area (Å²) < 4.78 is 15.6. The second-order valence-corrected chi connectivity index (χ2v) is 4.87. The van der Waals surface area contributed by atoms with Gasteiger partial charge in [-0.3, -0.25) is 9.59 Å². The molecule has 0 unspecified atom stereocenters. The highest BCUT2D eigenvalue weighted by molar-refractivity contribution is 6.39. The summed E-state index contributed by atoms with van der Waals surface area (Å²) in [5, 5.41) is 5.08. The number of rotatable bonds is 5. The average Bonchev–Trinajstić information content (AvgIpc) is 3.06. The fraction of sp³-hybridized carbons (Fsp3) is 0.467. The van der Waals surface area contributed by atoms with Crippen molar-refractivity contribution in [1.29, 1.82) is 0 Å². The van der Waals surface area contributed by atoms with Gasteiger partial charge in [-0.05, 0) is 25.0 Å². The van der Waals surface area contributed by atoms with Gasteiger partial charge >= 0.3 is 11.8 Å². The van der Waals surface area contributed by atoms with Crippen molar-refractivity contribution in [2.75, 3.05) is 32.7 Å². The van der Waals surface area contributed by atoms with Crippen LogP contribution in [0.4, 0.5) is 5.69 Å². The fourth-order valence-corrected chi connectivity index (χ4v) is 2.17. The lowest BCUT2D eigenvalue weighted by Crippen LogP contribution is -2.39. The molecule has 1 aromatic carbocycles. The van der Waals surface area contributed by atoms with E-state index in [0.717, 1.165) is 12.8 Å². The summed E-state index contributed by atoms with van der Waals surface area (Å²) in [5.41, 5.74) is 0.403. The first-order valence-electron chi connectivity index (χ1n) is 7.07. The van der Waals surface area contributed by atoms with Crippen molar-refractivity contribution in [3.63, 3.8) is 0 Å². The van der Waals surface area contributed by atoms with Gasteiger partial charge in [0, 0.05) is 19.2 Å². The Hall–Kier alpha value is -2.28. The number of methoxy groups -OCH3 is 2. The van der Waals surface area contributed by atoms with E-state index in [1.165, 1.54) is 14.2 Å². The summed E-state index contributed by atoms with van der Waals surface area (Å²) in [7, 11) is 3.01. The van der Waals surface area contributed by atoms with Gasteiger partial charge < -0.3 is 24.8 Å². The minimum Gasteiger partial charge on any atom is -0.497 e. The second-order valence-electron chi connectivity index (χ2n) is 4.87. The molecule has 0 aliphatic carbocycles. The maximum atomic E-state index is 11.9. The van der Waals surface area contributed by atoms with Crippen LogP contribution in [0.15, 0.2) is 18.2 Å². The normalized spacial score (nSPS) is 16.9. The van der Waals surface area contributed by atoms with Crippen LogP contribution in [0.1, 0.15) is 12.8 Å². The Morgan fingerprint density at radius 2 is 2.09 bits per heavy atom. The zero-order valence-corrected chi connectivity index (χ0v) is 12.7. The highest BCUT2D eigenvalue weighted by Gasteiger charge is 2.20. The Labute approximate surface area is 128 Å². The van der Waals surface area contributed by atoms with E-state index in [9.17, 15) is 9.59 Å². The Morgan fingerprint density at radius 1 is 1.27 bits per heavy atom. The minimum absolute atomic E-state index is 0.00716. The van der Waals surface area contributed by atoms with E-state index in [4.69, 9.17) is 14.2 Å². The third-order valence-corrected chi connectivity index (χ3v) is 3.38. The molecule has 0 bridgehead atoms. The number of ether oxygens (including phenoxy) is 3. The van der Waals surface area contributed by atoms with E-state index in [1.807, 2.05) is 0 Å². The van der Waals surface area contributed by atoms with Gasteiger partial charge in [0.05, 0.1) is 26.0 Å². The van der Waals surface area contributed by atoms with E-state index in [0.29, 0.717) is 30.3 Å². The average molecular weight is 308 g/mol. The molecule has 7 nitrogen and oxygen atoms in total. The van der Waals surface area contributed by atoms with Crippen molar-refractivity contribution in [2.24, 2.45) is 0 Å². The van der Waals surface area contributed by atoms with Crippen LogP contribution in [0.5, 0.6) is 11.5 Å². The largest absolute Gasteiger partial charge is 0.497 e. The lowest BCUT2D eigenvalue weighted by molar-refractivity contribution is -0.136. The molecule has 2 rings (SSSR count). The minimum atomic E-state index is -0.749. The van der Waals surface area contributed by atoms with Crippen molar-refractivity contribution in [1.82, 2.24) is 5.32 Å². The molecular formula is C15H20N2O5. The zero-order chi connectivity index (χ0) is 15.9. The SMILES string of the molecule is COc1ccc(NC(=O)C(=O)NC[C@@H]2CCCO2)c(OC)c1. The number of benzene rings is 1. The maximum absolute atomic E-state index is 11.9. The fourth-order valence-electron chi connectivity index (χ4n) is 2.17. The predicted octanol–water partition coefficient (Wildman–Crippen LogP) is 0.937. The number of carbonyl (C=O) groups is 2. The molecule has 0 aromatic heterocycles. The monoisotopic (exact) mass is 308 g/mol. The summed E-state index contributed by atoms with van der Waals surface area (Å²) in [6.45, 7) is 1.04. The third kappa shape index (κ3) is 4.11. The topological polar surface area (TPSA) is 85.9 Å². The summed E-state index contributed by atoms with van der Waals surface area (Å²) in [6.07, 6.45) is 1.87. The molecule has 1 saturated heterocycles. The molecule has 1 atom stereocenters. The van der Waals surface area contributed by atoms with Crippen LogP contribution in [0.3, 0.4) is 0 Å². The van der Waals surface area contributed by atoms with E-state index >= 15 is 0 Å². The molecule has 22 heavy (non-hydrogen) atoms. The molecule has 1 aliphatic heterocycles. The maximum Gasteiger partial charge on any atom is 0.313 e. The van der Waals surface area contributed by atoms with Gasteiger partial charge in [0.15, 0.2) is 0 Å². The lowest BCUT2D eigenvalue weighted by Gasteiger charge is -2.13. The number of anilines is 1. The van der Waals surface area contributed by atoms with Crippen LogP contribution in [0, 0.1) is 0 Å². The number of nitrogens with one attached hydrogen (secondary N) is 2. The lowest BCUT2D eigenvalue weighted by atomic mass is 10.2. The predicted molar refractivity (Wildman–Crippen MR) is 80.2 cm³/mol. The van der Waals surface area contributed by atoms with Gasteiger partial charge in [0.2, 0.25) is 0 Å². The zero-order valence-electron chi connectivity index (χ0n) is 12.7. The standard InChI is InChI=1S/C15H20N2O5/c1-20-10-5-6-12(13(8-10)21-2)17-15(19)14(18)16-9-11-4-3-7-22-11/h5-6,8,11H,3-4,7,9H2,1-2H3,(H,16,18)(H,17,19)/t11-/m0/s1. The van der Waals surface area contributed by atoms with E-state index in [2.05, 4.69) is 10.6 Å². The van der Waals surface area contributed by atoms with E-state index in [-0.39, 0.29) is 6.10 Å². The molecule has 0 spiro atoms. The first-order valence-corrected chi connectivity index (χ1v) is 7.07. The molecule has 1 aromatic rings. The highest BCUT2D eigenvalue weighted by Crippen LogP contribution is 2.28. The molecule has 0 saturated carbocycles. The van der Waals surface area contributed by atoms with Crippen molar-refractivity contribution in [2.45, 2.75) is 18.9 Å². The molecule has 7 heteroatoms. The van der Waals surface area contributed by atoms with E-state index in [1.54, 1.807) is 18.2 Å². The molecule has 1 heterocycles. The van der Waals surface area contributed by atoms with Gasteiger partial charge in [-0.15, -0.1) is 0 Å². The van der Waals surface area contributed by atoms with Crippen LogP contribution in [0.25, 0.3) is 0 Å².